The molecule has 0 amide bonds. The summed E-state index contributed by atoms with van der Waals surface area (Å²) in [5, 5.41) is 15.8. The number of nitrogens with zero attached hydrogens (tertiary/aromatic N) is 6. The molecule has 90 valence electrons. The third-order valence-corrected chi connectivity index (χ3v) is 3.45. The quantitative estimate of drug-likeness (QED) is 0.780. The lowest BCUT2D eigenvalue weighted by Gasteiger charge is -2.35. The van der Waals surface area contributed by atoms with Gasteiger partial charge >= 0.3 is 0 Å². The van der Waals surface area contributed by atoms with Gasteiger partial charge in [-0.15, -0.1) is 14.8 Å². The van der Waals surface area contributed by atoms with E-state index in [-0.39, 0.29) is 0 Å². The van der Waals surface area contributed by atoms with E-state index in [0.29, 0.717) is 11.7 Å². The van der Waals surface area contributed by atoms with Crippen LogP contribution in [0, 0.1) is 0 Å². The average molecular weight is 232 g/mol. The molecule has 0 aliphatic carbocycles. The van der Waals surface area contributed by atoms with E-state index in [1.807, 2.05) is 12.1 Å². The fraction of sp³-hybridized carbons (Fsp3) is 0.636. The van der Waals surface area contributed by atoms with Crippen molar-refractivity contribution in [3.05, 3.63) is 12.1 Å². The number of rotatable bonds is 2. The first-order chi connectivity index (χ1) is 8.38. The van der Waals surface area contributed by atoms with E-state index in [2.05, 4.69) is 32.4 Å². The molecule has 0 spiro atoms. The molecule has 1 aliphatic heterocycles. The van der Waals surface area contributed by atoms with Crippen LogP contribution in [-0.4, -0.2) is 37.8 Å². The van der Waals surface area contributed by atoms with Crippen molar-refractivity contribution < 1.29 is 0 Å². The molecule has 1 saturated heterocycles. The summed E-state index contributed by atoms with van der Waals surface area (Å²) in [4.78, 5) is 2.38. The first-order valence-corrected chi connectivity index (χ1v) is 6.20. The van der Waals surface area contributed by atoms with Crippen LogP contribution in [0.25, 0.3) is 5.65 Å². The fourth-order valence-corrected chi connectivity index (χ4v) is 2.52. The summed E-state index contributed by atoms with van der Waals surface area (Å²) in [6.45, 7) is 3.32. The van der Waals surface area contributed by atoms with Gasteiger partial charge in [-0.1, -0.05) is 6.92 Å². The molecule has 2 aromatic rings. The first-order valence-electron chi connectivity index (χ1n) is 6.20. The number of tetrazole rings is 1. The maximum absolute atomic E-state index is 4.46. The zero-order valence-electron chi connectivity index (χ0n) is 9.95. The lowest BCUT2D eigenvalue weighted by atomic mass is 10.0. The Balaban J connectivity index is 1.95. The Kier molecular flexibility index (Phi) is 2.62. The molecule has 0 N–H and O–H groups in total. The second-order valence-electron chi connectivity index (χ2n) is 4.47. The normalized spacial score (nSPS) is 21.0. The topological polar surface area (TPSA) is 59.2 Å². The van der Waals surface area contributed by atoms with Crippen LogP contribution in [-0.2, 0) is 0 Å². The summed E-state index contributed by atoms with van der Waals surface area (Å²) < 4.78 is 1.50. The third-order valence-electron chi connectivity index (χ3n) is 3.45. The van der Waals surface area contributed by atoms with Crippen molar-refractivity contribution in [1.82, 2.24) is 25.3 Å². The molecule has 1 fully saturated rings. The number of fused-ring (bicyclic) bond motifs is 1. The molecule has 0 radical (unpaired) electrons. The van der Waals surface area contributed by atoms with Gasteiger partial charge in [0.05, 0.1) is 0 Å². The van der Waals surface area contributed by atoms with Crippen LogP contribution in [0.4, 0.5) is 5.82 Å². The molecule has 0 saturated carbocycles. The lowest BCUT2D eigenvalue weighted by Crippen LogP contribution is -2.39. The van der Waals surface area contributed by atoms with E-state index in [1.165, 1.54) is 23.9 Å². The maximum atomic E-state index is 4.46. The van der Waals surface area contributed by atoms with E-state index in [1.54, 1.807) is 0 Å². The van der Waals surface area contributed by atoms with Crippen LogP contribution in [0.1, 0.15) is 32.6 Å². The van der Waals surface area contributed by atoms with Crippen LogP contribution in [0.5, 0.6) is 0 Å². The monoisotopic (exact) mass is 232 g/mol. The number of hydrogen-bond acceptors (Lipinski definition) is 5. The van der Waals surface area contributed by atoms with Crippen LogP contribution < -0.4 is 4.90 Å². The van der Waals surface area contributed by atoms with E-state index in [4.69, 9.17) is 0 Å². The Morgan fingerprint density at radius 1 is 1.35 bits per heavy atom. The molecule has 6 heteroatoms. The SMILES string of the molecule is CC[C@@H]1CCCCN1c1ccc2nnnn2n1. The number of hydrogen-bond donors (Lipinski definition) is 0. The van der Waals surface area contributed by atoms with Crippen LogP contribution in [0.15, 0.2) is 12.1 Å². The van der Waals surface area contributed by atoms with E-state index in [0.717, 1.165) is 18.8 Å². The van der Waals surface area contributed by atoms with Gasteiger partial charge in [-0.3, -0.25) is 0 Å². The predicted molar refractivity (Wildman–Crippen MR) is 63.9 cm³/mol. The average Bonchev–Trinajstić information content (AvgIpc) is 2.85. The second-order valence-corrected chi connectivity index (χ2v) is 4.47. The van der Waals surface area contributed by atoms with Crippen LogP contribution in [0.2, 0.25) is 0 Å². The zero-order valence-corrected chi connectivity index (χ0v) is 9.95. The number of anilines is 1. The van der Waals surface area contributed by atoms with Crippen molar-refractivity contribution in [2.75, 3.05) is 11.4 Å². The van der Waals surface area contributed by atoms with Crippen LogP contribution >= 0.6 is 0 Å². The minimum absolute atomic E-state index is 0.602. The van der Waals surface area contributed by atoms with Gasteiger partial charge in [0.1, 0.15) is 0 Å². The van der Waals surface area contributed by atoms with E-state index < -0.39 is 0 Å². The summed E-state index contributed by atoms with van der Waals surface area (Å²) in [5.41, 5.74) is 0.693. The van der Waals surface area contributed by atoms with Gasteiger partial charge in [-0.05, 0) is 48.2 Å². The largest absolute Gasteiger partial charge is 0.352 e. The van der Waals surface area contributed by atoms with Gasteiger partial charge < -0.3 is 4.90 Å². The Labute approximate surface area is 99.6 Å². The number of aromatic nitrogens is 5. The Morgan fingerprint density at radius 3 is 3.18 bits per heavy atom. The molecule has 2 aromatic heterocycles. The van der Waals surface area contributed by atoms with Crippen LogP contribution in [0.3, 0.4) is 0 Å². The Morgan fingerprint density at radius 2 is 2.29 bits per heavy atom. The highest BCUT2D eigenvalue weighted by Gasteiger charge is 2.22. The van der Waals surface area contributed by atoms with Gasteiger partial charge in [0.2, 0.25) is 0 Å². The van der Waals surface area contributed by atoms with Gasteiger partial charge in [-0.2, -0.15) is 0 Å². The fourth-order valence-electron chi connectivity index (χ4n) is 2.52. The Hall–Kier alpha value is -1.72. The third kappa shape index (κ3) is 1.83. The minimum atomic E-state index is 0.602. The second kappa shape index (κ2) is 4.27. The summed E-state index contributed by atoms with van der Waals surface area (Å²) in [5.74, 6) is 0.983. The van der Waals surface area contributed by atoms with Crippen molar-refractivity contribution in [2.45, 2.75) is 38.6 Å². The molecule has 3 rings (SSSR count). The molecule has 0 aromatic carbocycles. The zero-order chi connectivity index (χ0) is 11.7. The van der Waals surface area contributed by atoms with E-state index in [9.17, 15) is 0 Å². The van der Waals surface area contributed by atoms with Gasteiger partial charge in [0, 0.05) is 12.6 Å². The molecular formula is C11H16N6. The van der Waals surface area contributed by atoms with Crippen molar-refractivity contribution in [3.8, 4) is 0 Å². The number of piperidine rings is 1. The summed E-state index contributed by atoms with van der Waals surface area (Å²) in [6.07, 6.45) is 4.98. The maximum Gasteiger partial charge on any atom is 0.200 e. The highest BCUT2D eigenvalue weighted by Crippen LogP contribution is 2.24. The molecule has 6 nitrogen and oxygen atoms in total. The first kappa shape index (κ1) is 10.4. The van der Waals surface area contributed by atoms with E-state index >= 15 is 0 Å². The van der Waals surface area contributed by atoms with Gasteiger partial charge in [-0.25, -0.2) is 0 Å². The van der Waals surface area contributed by atoms with Gasteiger partial charge in [0.15, 0.2) is 11.5 Å². The smallest absolute Gasteiger partial charge is 0.200 e. The summed E-state index contributed by atoms with van der Waals surface area (Å²) in [6, 6.07) is 4.54. The highest BCUT2D eigenvalue weighted by atomic mass is 15.6. The van der Waals surface area contributed by atoms with Crippen molar-refractivity contribution in [1.29, 1.82) is 0 Å². The summed E-state index contributed by atoms with van der Waals surface area (Å²) >= 11 is 0. The predicted octanol–water partition coefficient (Wildman–Crippen LogP) is 1.29. The highest BCUT2D eigenvalue weighted by molar-refractivity contribution is 5.45. The lowest BCUT2D eigenvalue weighted by molar-refractivity contribution is 0.444. The van der Waals surface area contributed by atoms with Crippen molar-refractivity contribution in [3.63, 3.8) is 0 Å². The van der Waals surface area contributed by atoms with Gasteiger partial charge in [0.25, 0.3) is 0 Å². The minimum Gasteiger partial charge on any atom is -0.352 e. The molecule has 17 heavy (non-hydrogen) atoms. The molecule has 0 bridgehead atoms. The molecule has 0 unspecified atom stereocenters. The molecule has 1 aliphatic rings. The molecule has 1 atom stereocenters. The van der Waals surface area contributed by atoms with Crippen molar-refractivity contribution >= 4 is 11.5 Å². The summed E-state index contributed by atoms with van der Waals surface area (Å²) in [7, 11) is 0. The standard InChI is InChI=1S/C11H16N6/c1-2-9-5-3-4-8-16(9)11-7-6-10-12-14-15-17(10)13-11/h6-7,9H,2-5,8H2,1H3/t9-/m1/s1. The molecule has 3 heterocycles. The Bertz CT molecular complexity index is 507. The van der Waals surface area contributed by atoms with Crippen molar-refractivity contribution in [2.24, 2.45) is 0 Å². The molecular weight excluding hydrogens is 216 g/mol.